The maximum absolute atomic E-state index is 12.1. The Balaban J connectivity index is 1.79. The predicted octanol–water partition coefficient (Wildman–Crippen LogP) is 2.94. The van der Waals surface area contributed by atoms with Gasteiger partial charge in [-0.3, -0.25) is 9.78 Å². The van der Waals surface area contributed by atoms with Crippen LogP contribution >= 0.6 is 0 Å². The van der Waals surface area contributed by atoms with E-state index in [-0.39, 0.29) is 5.91 Å². The molecular formula is C17H17N3O2. The number of nitrogens with zero attached hydrogens (tertiary/aromatic N) is 2. The minimum Gasteiger partial charge on any atom is -0.383 e. The predicted molar refractivity (Wildman–Crippen MR) is 86.0 cm³/mol. The maximum atomic E-state index is 12.1. The van der Waals surface area contributed by atoms with Crippen molar-refractivity contribution in [2.75, 3.05) is 19.0 Å². The lowest BCUT2D eigenvalue weighted by atomic mass is 10.2. The third kappa shape index (κ3) is 2.99. The number of carbonyl (C=O) groups excluding carboxylic acids is 1. The topological polar surface area (TPSA) is 56.1 Å². The summed E-state index contributed by atoms with van der Waals surface area (Å²) in [5.41, 5.74) is 2.49. The molecule has 1 amide bonds. The van der Waals surface area contributed by atoms with Crippen molar-refractivity contribution in [1.29, 1.82) is 0 Å². The fraction of sp³-hybridized carbons (Fsp3) is 0.176. The van der Waals surface area contributed by atoms with E-state index >= 15 is 0 Å². The van der Waals surface area contributed by atoms with Crippen molar-refractivity contribution in [3.63, 3.8) is 0 Å². The van der Waals surface area contributed by atoms with Gasteiger partial charge in [-0.25, -0.2) is 0 Å². The van der Waals surface area contributed by atoms with E-state index in [1.807, 2.05) is 30.5 Å². The summed E-state index contributed by atoms with van der Waals surface area (Å²) in [5.74, 6) is -0.138. The smallest absolute Gasteiger partial charge is 0.255 e. The quantitative estimate of drug-likeness (QED) is 0.787. The van der Waals surface area contributed by atoms with Gasteiger partial charge in [0.15, 0.2) is 0 Å². The molecule has 3 aromatic rings. The number of fused-ring (bicyclic) bond motifs is 1. The largest absolute Gasteiger partial charge is 0.383 e. The molecule has 0 saturated carbocycles. The van der Waals surface area contributed by atoms with Crippen molar-refractivity contribution in [1.82, 2.24) is 9.55 Å². The van der Waals surface area contributed by atoms with Crippen molar-refractivity contribution in [3.8, 4) is 0 Å². The highest BCUT2D eigenvalue weighted by molar-refractivity contribution is 6.05. The van der Waals surface area contributed by atoms with E-state index in [1.54, 1.807) is 31.6 Å². The molecule has 0 radical (unpaired) electrons. The van der Waals surface area contributed by atoms with E-state index in [4.69, 9.17) is 4.74 Å². The zero-order valence-corrected chi connectivity index (χ0v) is 12.3. The number of hydrogen-bond donors (Lipinski definition) is 1. The zero-order chi connectivity index (χ0) is 15.4. The number of benzene rings is 1. The molecular weight excluding hydrogens is 278 g/mol. The van der Waals surface area contributed by atoms with Crippen LogP contribution in [-0.2, 0) is 11.3 Å². The standard InChI is InChI=1S/C17H17N3O2/c1-22-11-10-20-9-6-14-12-15(2-3-16(14)20)19-17(21)13-4-7-18-8-5-13/h2-9,12H,10-11H2,1H3,(H,19,21). The summed E-state index contributed by atoms with van der Waals surface area (Å²) in [6.07, 6.45) is 5.24. The SMILES string of the molecule is COCCn1ccc2cc(NC(=O)c3ccncc3)ccc21. The Morgan fingerprint density at radius 3 is 2.82 bits per heavy atom. The van der Waals surface area contributed by atoms with Crippen LogP contribution in [0.3, 0.4) is 0 Å². The zero-order valence-electron chi connectivity index (χ0n) is 12.3. The summed E-state index contributed by atoms with van der Waals surface area (Å²) in [7, 11) is 1.69. The number of pyridine rings is 1. The highest BCUT2D eigenvalue weighted by atomic mass is 16.5. The van der Waals surface area contributed by atoms with E-state index in [0.29, 0.717) is 12.2 Å². The summed E-state index contributed by atoms with van der Waals surface area (Å²) >= 11 is 0. The lowest BCUT2D eigenvalue weighted by molar-refractivity contribution is 0.102. The number of nitrogens with one attached hydrogen (secondary N) is 1. The number of hydrogen-bond acceptors (Lipinski definition) is 3. The van der Waals surface area contributed by atoms with E-state index in [2.05, 4.69) is 14.9 Å². The van der Waals surface area contributed by atoms with Gasteiger partial charge in [0.1, 0.15) is 0 Å². The Hall–Kier alpha value is -2.66. The van der Waals surface area contributed by atoms with Crippen molar-refractivity contribution >= 4 is 22.5 Å². The van der Waals surface area contributed by atoms with Crippen molar-refractivity contribution in [2.45, 2.75) is 6.54 Å². The second-order valence-corrected chi connectivity index (χ2v) is 4.97. The molecule has 0 atom stereocenters. The van der Waals surface area contributed by atoms with Crippen molar-refractivity contribution in [2.24, 2.45) is 0 Å². The van der Waals surface area contributed by atoms with Gasteiger partial charge in [0.05, 0.1) is 6.61 Å². The summed E-state index contributed by atoms with van der Waals surface area (Å²) < 4.78 is 7.24. The van der Waals surface area contributed by atoms with Gasteiger partial charge < -0.3 is 14.6 Å². The maximum Gasteiger partial charge on any atom is 0.255 e. The van der Waals surface area contributed by atoms with Crippen LogP contribution in [0.15, 0.2) is 55.0 Å². The van der Waals surface area contributed by atoms with Gasteiger partial charge in [0.25, 0.3) is 5.91 Å². The van der Waals surface area contributed by atoms with Gasteiger partial charge in [-0.1, -0.05) is 0 Å². The third-order valence-electron chi connectivity index (χ3n) is 3.51. The molecule has 2 heterocycles. The van der Waals surface area contributed by atoms with Crippen LogP contribution in [0.4, 0.5) is 5.69 Å². The summed E-state index contributed by atoms with van der Waals surface area (Å²) in [6.45, 7) is 1.48. The molecule has 1 N–H and O–H groups in total. The second kappa shape index (κ2) is 6.41. The molecule has 2 aromatic heterocycles. The third-order valence-corrected chi connectivity index (χ3v) is 3.51. The fourth-order valence-electron chi connectivity index (χ4n) is 2.37. The summed E-state index contributed by atoms with van der Waals surface area (Å²) in [5, 5.41) is 3.99. The average molecular weight is 295 g/mol. The Bertz CT molecular complexity index is 781. The number of carbonyl (C=O) groups is 1. The van der Waals surface area contributed by atoms with Crippen LogP contribution in [0.1, 0.15) is 10.4 Å². The number of methoxy groups -OCH3 is 1. The molecule has 1 aromatic carbocycles. The van der Waals surface area contributed by atoms with Crippen LogP contribution in [0.5, 0.6) is 0 Å². The number of aromatic nitrogens is 2. The minimum atomic E-state index is -0.138. The lowest BCUT2D eigenvalue weighted by Crippen LogP contribution is -2.11. The molecule has 112 valence electrons. The molecule has 0 bridgehead atoms. The van der Waals surface area contributed by atoms with Gasteiger partial charge in [-0.15, -0.1) is 0 Å². The molecule has 5 heteroatoms. The molecule has 0 fully saturated rings. The Morgan fingerprint density at radius 1 is 1.23 bits per heavy atom. The summed E-state index contributed by atoms with van der Waals surface area (Å²) in [6, 6.07) is 11.3. The number of ether oxygens (including phenoxy) is 1. The van der Waals surface area contributed by atoms with Crippen molar-refractivity contribution < 1.29 is 9.53 Å². The van der Waals surface area contributed by atoms with E-state index in [0.717, 1.165) is 23.1 Å². The highest BCUT2D eigenvalue weighted by Gasteiger charge is 2.07. The van der Waals surface area contributed by atoms with Crippen LogP contribution in [0, 0.1) is 0 Å². The molecule has 0 unspecified atom stereocenters. The molecule has 3 rings (SSSR count). The van der Waals surface area contributed by atoms with Crippen LogP contribution in [-0.4, -0.2) is 29.2 Å². The molecule has 5 nitrogen and oxygen atoms in total. The average Bonchev–Trinajstić information content (AvgIpc) is 2.96. The van der Waals surface area contributed by atoms with Crippen LogP contribution in [0.2, 0.25) is 0 Å². The Morgan fingerprint density at radius 2 is 2.05 bits per heavy atom. The van der Waals surface area contributed by atoms with E-state index < -0.39 is 0 Å². The molecule has 0 aliphatic rings. The first-order chi connectivity index (χ1) is 10.8. The van der Waals surface area contributed by atoms with Gasteiger partial charge in [0, 0.05) is 54.4 Å². The van der Waals surface area contributed by atoms with E-state index in [1.165, 1.54) is 0 Å². The van der Waals surface area contributed by atoms with Gasteiger partial charge in [-0.05, 0) is 36.4 Å². The number of amides is 1. The second-order valence-electron chi connectivity index (χ2n) is 4.97. The first-order valence-electron chi connectivity index (χ1n) is 7.07. The first kappa shape index (κ1) is 14.3. The molecule has 0 spiro atoms. The summed E-state index contributed by atoms with van der Waals surface area (Å²) in [4.78, 5) is 16.0. The van der Waals surface area contributed by atoms with E-state index in [9.17, 15) is 4.79 Å². The normalized spacial score (nSPS) is 10.8. The van der Waals surface area contributed by atoms with Crippen LogP contribution in [0.25, 0.3) is 10.9 Å². The fourth-order valence-corrected chi connectivity index (χ4v) is 2.37. The number of rotatable bonds is 5. The minimum absolute atomic E-state index is 0.138. The van der Waals surface area contributed by atoms with Gasteiger partial charge in [-0.2, -0.15) is 0 Å². The molecule has 0 aliphatic carbocycles. The molecule has 0 aliphatic heterocycles. The highest BCUT2D eigenvalue weighted by Crippen LogP contribution is 2.21. The monoisotopic (exact) mass is 295 g/mol. The first-order valence-corrected chi connectivity index (χ1v) is 7.07. The van der Waals surface area contributed by atoms with Gasteiger partial charge >= 0.3 is 0 Å². The van der Waals surface area contributed by atoms with Gasteiger partial charge in [0.2, 0.25) is 0 Å². The van der Waals surface area contributed by atoms with Crippen molar-refractivity contribution in [3.05, 3.63) is 60.6 Å². The molecule has 0 saturated heterocycles. The lowest BCUT2D eigenvalue weighted by Gasteiger charge is -2.07. The number of anilines is 1. The Kier molecular flexibility index (Phi) is 4.16. The molecule has 22 heavy (non-hydrogen) atoms. The Labute approximate surface area is 128 Å². The van der Waals surface area contributed by atoms with Crippen LogP contribution < -0.4 is 5.32 Å².